The minimum Gasteiger partial charge on any atom is -0.485 e. The molecule has 1 amide bonds. The van der Waals surface area contributed by atoms with Crippen LogP contribution in [0.1, 0.15) is 16.8 Å². The number of likely N-dealkylation sites (tertiary alicyclic amines) is 1. The third kappa shape index (κ3) is 4.05. The van der Waals surface area contributed by atoms with Crippen LogP contribution in [-0.2, 0) is 9.53 Å². The number of esters is 1. The number of hydrogen-bond acceptors (Lipinski definition) is 6. The molecule has 0 radical (unpaired) electrons. The van der Waals surface area contributed by atoms with E-state index in [0.29, 0.717) is 10.6 Å². The molecule has 1 aliphatic heterocycles. The first kappa shape index (κ1) is 19.2. The Labute approximate surface area is 160 Å². The highest BCUT2D eigenvalue weighted by molar-refractivity contribution is 7.98. The second kappa shape index (κ2) is 8.39. The lowest BCUT2D eigenvalue weighted by atomic mass is 10.2. The van der Waals surface area contributed by atoms with Gasteiger partial charge in [0.1, 0.15) is 17.2 Å². The van der Waals surface area contributed by atoms with Gasteiger partial charge in [0.25, 0.3) is 5.91 Å². The Bertz CT molecular complexity index is 848. The molecule has 2 atom stereocenters. The molecule has 1 fully saturated rings. The number of ether oxygens (including phenoxy) is 2. The number of amides is 1. The molecule has 1 aromatic heterocycles. The molecule has 0 spiro atoms. The molecule has 0 bridgehead atoms. The quantitative estimate of drug-likeness (QED) is 0.578. The maximum Gasteiger partial charge on any atom is 0.328 e. The first-order valence-electron chi connectivity index (χ1n) is 8.34. The summed E-state index contributed by atoms with van der Waals surface area (Å²) in [7, 11) is 1.27. The van der Waals surface area contributed by atoms with Gasteiger partial charge in [-0.25, -0.2) is 14.2 Å². The summed E-state index contributed by atoms with van der Waals surface area (Å²) in [6.45, 7) is 0.148. The van der Waals surface area contributed by atoms with Gasteiger partial charge in [0.15, 0.2) is 11.6 Å². The molecular weight excluding hydrogens is 371 g/mol. The zero-order chi connectivity index (χ0) is 19.4. The van der Waals surface area contributed by atoms with Crippen molar-refractivity contribution in [3.63, 3.8) is 0 Å². The van der Waals surface area contributed by atoms with Crippen LogP contribution in [-0.4, -0.2) is 53.8 Å². The number of pyridine rings is 1. The van der Waals surface area contributed by atoms with Crippen LogP contribution in [0, 0.1) is 5.82 Å². The Morgan fingerprint density at radius 1 is 1.26 bits per heavy atom. The fraction of sp³-hybridized carbons (Fsp3) is 0.316. The summed E-state index contributed by atoms with van der Waals surface area (Å²) in [5.41, 5.74) is 0.408. The number of hydrogen-bond donors (Lipinski definition) is 0. The molecule has 1 saturated heterocycles. The molecule has 8 heteroatoms. The van der Waals surface area contributed by atoms with E-state index in [4.69, 9.17) is 9.47 Å². The number of methoxy groups -OCH3 is 1. The number of para-hydroxylation sites is 1. The maximum absolute atomic E-state index is 13.9. The number of rotatable bonds is 5. The molecule has 2 heterocycles. The van der Waals surface area contributed by atoms with Crippen molar-refractivity contribution < 1.29 is 23.5 Å². The minimum atomic E-state index is -0.797. The van der Waals surface area contributed by atoms with E-state index >= 15 is 0 Å². The van der Waals surface area contributed by atoms with Crippen molar-refractivity contribution in [2.75, 3.05) is 19.9 Å². The summed E-state index contributed by atoms with van der Waals surface area (Å²) >= 11 is 1.35. The van der Waals surface area contributed by atoms with Gasteiger partial charge < -0.3 is 14.4 Å². The second-order valence-electron chi connectivity index (χ2n) is 5.96. The molecule has 0 N–H and O–H groups in total. The lowest BCUT2D eigenvalue weighted by Gasteiger charge is -2.23. The van der Waals surface area contributed by atoms with Gasteiger partial charge >= 0.3 is 5.97 Å². The average Bonchev–Trinajstić information content (AvgIpc) is 3.12. The highest BCUT2D eigenvalue weighted by Gasteiger charge is 2.42. The first-order chi connectivity index (χ1) is 13.0. The fourth-order valence-electron chi connectivity index (χ4n) is 3.06. The van der Waals surface area contributed by atoms with Crippen molar-refractivity contribution in [1.82, 2.24) is 9.88 Å². The highest BCUT2D eigenvalue weighted by atomic mass is 32.2. The van der Waals surface area contributed by atoms with Gasteiger partial charge in [0, 0.05) is 12.6 Å². The van der Waals surface area contributed by atoms with Gasteiger partial charge in [-0.3, -0.25) is 4.79 Å². The Morgan fingerprint density at radius 3 is 2.74 bits per heavy atom. The van der Waals surface area contributed by atoms with Crippen LogP contribution in [0.5, 0.6) is 5.75 Å². The van der Waals surface area contributed by atoms with E-state index in [0.717, 1.165) is 0 Å². The normalized spacial score (nSPS) is 19.0. The van der Waals surface area contributed by atoms with Crippen LogP contribution in [0.2, 0.25) is 0 Å². The largest absolute Gasteiger partial charge is 0.485 e. The van der Waals surface area contributed by atoms with E-state index in [9.17, 15) is 14.0 Å². The van der Waals surface area contributed by atoms with Crippen molar-refractivity contribution in [3.05, 3.63) is 54.0 Å². The third-order valence-electron chi connectivity index (χ3n) is 4.32. The number of carbonyl (C=O) groups excluding carboxylic acids is 2. The zero-order valence-electron chi connectivity index (χ0n) is 14.9. The van der Waals surface area contributed by atoms with Crippen molar-refractivity contribution >= 4 is 23.6 Å². The number of nitrogens with zero attached hydrogens (tertiary/aromatic N) is 2. The van der Waals surface area contributed by atoms with E-state index in [1.807, 2.05) is 6.26 Å². The maximum atomic E-state index is 13.9. The summed E-state index contributed by atoms with van der Waals surface area (Å²) in [6, 6.07) is 8.58. The van der Waals surface area contributed by atoms with E-state index in [2.05, 4.69) is 4.98 Å². The molecule has 0 saturated carbocycles. The molecule has 2 aromatic rings. The fourth-order valence-corrected chi connectivity index (χ4v) is 3.60. The van der Waals surface area contributed by atoms with Crippen LogP contribution in [0.4, 0.5) is 4.39 Å². The van der Waals surface area contributed by atoms with Crippen LogP contribution in [0.15, 0.2) is 47.6 Å². The molecule has 3 rings (SSSR count). The number of thioether (sulfide) groups is 1. The van der Waals surface area contributed by atoms with Gasteiger partial charge in [-0.15, -0.1) is 11.8 Å². The van der Waals surface area contributed by atoms with E-state index in [-0.39, 0.29) is 24.6 Å². The molecule has 6 nitrogen and oxygen atoms in total. The molecule has 0 aliphatic carbocycles. The van der Waals surface area contributed by atoms with Crippen molar-refractivity contribution in [3.8, 4) is 5.75 Å². The van der Waals surface area contributed by atoms with Crippen molar-refractivity contribution in [2.24, 2.45) is 0 Å². The Hall–Kier alpha value is -2.61. The molecule has 27 heavy (non-hydrogen) atoms. The van der Waals surface area contributed by atoms with Gasteiger partial charge in [-0.05, 0) is 30.5 Å². The molecule has 0 unspecified atom stereocenters. The SMILES string of the molecule is COC(=O)[C@H]1C[C@@H](Oc2ccccc2F)CN1C(=O)c1cccnc1SC. The summed E-state index contributed by atoms with van der Waals surface area (Å²) in [6.07, 6.45) is 3.13. The Kier molecular flexibility index (Phi) is 5.95. The average molecular weight is 390 g/mol. The van der Waals surface area contributed by atoms with Crippen LogP contribution >= 0.6 is 11.8 Å². The number of carbonyl (C=O) groups is 2. The predicted molar refractivity (Wildman–Crippen MR) is 98.3 cm³/mol. The molecular formula is C19H19FN2O4S. The van der Waals surface area contributed by atoms with Crippen LogP contribution in [0.25, 0.3) is 0 Å². The summed E-state index contributed by atoms with van der Waals surface area (Å²) in [5.74, 6) is -1.26. The zero-order valence-corrected chi connectivity index (χ0v) is 15.7. The molecule has 142 valence electrons. The summed E-state index contributed by atoms with van der Waals surface area (Å²) < 4.78 is 24.4. The number of aromatic nitrogens is 1. The smallest absolute Gasteiger partial charge is 0.328 e. The van der Waals surface area contributed by atoms with Crippen LogP contribution in [0.3, 0.4) is 0 Å². The van der Waals surface area contributed by atoms with E-state index in [1.54, 1.807) is 30.5 Å². The van der Waals surface area contributed by atoms with Gasteiger partial charge in [0.2, 0.25) is 0 Å². The molecule has 1 aliphatic rings. The predicted octanol–water partition coefficient (Wildman–Crippen LogP) is 2.78. The summed E-state index contributed by atoms with van der Waals surface area (Å²) in [5, 5.41) is 0.574. The van der Waals surface area contributed by atoms with Gasteiger partial charge in [-0.1, -0.05) is 12.1 Å². The first-order valence-corrected chi connectivity index (χ1v) is 9.56. The third-order valence-corrected chi connectivity index (χ3v) is 5.03. The number of halogens is 1. The standard InChI is InChI=1S/C19H19FN2O4S/c1-25-19(24)15-10-12(26-16-8-4-3-7-14(16)20)11-22(15)18(23)13-6-5-9-21-17(13)27-2/h3-9,12,15H,10-11H2,1-2H3/t12-,15-/m1/s1. The number of benzene rings is 1. The monoisotopic (exact) mass is 390 g/mol. The van der Waals surface area contributed by atoms with E-state index < -0.39 is 23.9 Å². The van der Waals surface area contributed by atoms with Gasteiger partial charge in [-0.2, -0.15) is 0 Å². The minimum absolute atomic E-state index is 0.0894. The van der Waals surface area contributed by atoms with Crippen molar-refractivity contribution in [1.29, 1.82) is 0 Å². The molecule has 1 aromatic carbocycles. The van der Waals surface area contributed by atoms with E-state index in [1.165, 1.54) is 35.9 Å². The Morgan fingerprint density at radius 2 is 2.04 bits per heavy atom. The Balaban J connectivity index is 1.85. The second-order valence-corrected chi connectivity index (χ2v) is 6.76. The van der Waals surface area contributed by atoms with Gasteiger partial charge in [0.05, 0.1) is 19.2 Å². The highest BCUT2D eigenvalue weighted by Crippen LogP contribution is 2.28. The van der Waals surface area contributed by atoms with Crippen LogP contribution < -0.4 is 4.74 Å². The lowest BCUT2D eigenvalue weighted by Crippen LogP contribution is -2.41. The lowest BCUT2D eigenvalue weighted by molar-refractivity contribution is -0.145. The van der Waals surface area contributed by atoms with Crippen molar-refractivity contribution in [2.45, 2.75) is 23.6 Å². The summed E-state index contributed by atoms with van der Waals surface area (Å²) in [4.78, 5) is 30.9. The topological polar surface area (TPSA) is 68.7 Å².